The quantitative estimate of drug-likeness (QED) is 0.321. The average Bonchev–Trinajstić information content (AvgIpc) is 3.21. The van der Waals surface area contributed by atoms with E-state index in [2.05, 4.69) is 10.5 Å². The van der Waals surface area contributed by atoms with Gasteiger partial charge in [-0.15, -0.1) is 0 Å². The number of hydrogen-bond acceptors (Lipinski definition) is 7. The summed E-state index contributed by atoms with van der Waals surface area (Å²) in [7, 11) is 0. The molecule has 11 nitrogen and oxygen atoms in total. The standard InChI is InChI=1S/C19H14ClN5O6/c20-13-3-8-18(17(10-13)25(29)30)31-12-19(26)22-21-11-16-2-1-9-23(16)14-4-6-15(7-5-14)24(27)28/h1-11H,12H2,(H,22,26)/b21-11-. The minimum Gasteiger partial charge on any atom is -0.477 e. The van der Waals surface area contributed by atoms with E-state index >= 15 is 0 Å². The number of ether oxygens (including phenoxy) is 1. The molecule has 12 heteroatoms. The van der Waals surface area contributed by atoms with Crippen LogP contribution < -0.4 is 10.2 Å². The molecule has 0 saturated heterocycles. The van der Waals surface area contributed by atoms with Crippen LogP contribution in [-0.4, -0.2) is 33.1 Å². The summed E-state index contributed by atoms with van der Waals surface area (Å²) in [6, 6.07) is 13.2. The third-order valence-electron chi connectivity index (χ3n) is 3.98. The van der Waals surface area contributed by atoms with Crippen molar-refractivity contribution >= 4 is 35.1 Å². The van der Waals surface area contributed by atoms with Crippen LogP contribution in [0.1, 0.15) is 5.69 Å². The van der Waals surface area contributed by atoms with Crippen molar-refractivity contribution in [3.8, 4) is 11.4 Å². The first-order chi connectivity index (χ1) is 14.8. The molecule has 0 aliphatic heterocycles. The van der Waals surface area contributed by atoms with E-state index in [0.717, 1.165) is 6.07 Å². The van der Waals surface area contributed by atoms with Crippen LogP contribution in [0.5, 0.6) is 5.75 Å². The van der Waals surface area contributed by atoms with Gasteiger partial charge in [-0.05, 0) is 36.4 Å². The van der Waals surface area contributed by atoms with Gasteiger partial charge in [0.15, 0.2) is 12.4 Å². The molecule has 0 aliphatic carbocycles. The van der Waals surface area contributed by atoms with Gasteiger partial charge >= 0.3 is 5.69 Å². The van der Waals surface area contributed by atoms with E-state index in [1.54, 1.807) is 35.0 Å². The summed E-state index contributed by atoms with van der Waals surface area (Å²) in [5.41, 5.74) is 3.14. The maximum absolute atomic E-state index is 11.9. The summed E-state index contributed by atoms with van der Waals surface area (Å²) in [4.78, 5) is 32.6. The van der Waals surface area contributed by atoms with Gasteiger partial charge in [0.05, 0.1) is 21.8 Å². The number of non-ortho nitro benzene ring substituents is 1. The Hall–Kier alpha value is -4.25. The molecule has 2 aromatic carbocycles. The fraction of sp³-hybridized carbons (Fsp3) is 0.0526. The normalized spacial score (nSPS) is 10.7. The summed E-state index contributed by atoms with van der Waals surface area (Å²) in [6.45, 7) is -0.497. The number of nitrogens with one attached hydrogen (secondary N) is 1. The van der Waals surface area contributed by atoms with Crippen LogP contribution in [-0.2, 0) is 4.79 Å². The number of benzene rings is 2. The summed E-state index contributed by atoms with van der Waals surface area (Å²) in [5, 5.41) is 25.8. The maximum Gasteiger partial charge on any atom is 0.312 e. The fourth-order valence-electron chi connectivity index (χ4n) is 2.57. The molecule has 0 unspecified atom stereocenters. The zero-order valence-electron chi connectivity index (χ0n) is 15.7. The number of carbonyl (C=O) groups is 1. The van der Waals surface area contributed by atoms with Crippen LogP contribution in [0.2, 0.25) is 5.02 Å². The molecule has 1 N–H and O–H groups in total. The molecular formula is C19H14ClN5O6. The van der Waals surface area contributed by atoms with Crippen molar-refractivity contribution in [3.63, 3.8) is 0 Å². The molecule has 0 radical (unpaired) electrons. The van der Waals surface area contributed by atoms with Crippen molar-refractivity contribution in [1.82, 2.24) is 9.99 Å². The van der Waals surface area contributed by atoms with Crippen molar-refractivity contribution in [2.75, 3.05) is 6.61 Å². The van der Waals surface area contributed by atoms with Gasteiger partial charge in [-0.25, -0.2) is 5.43 Å². The molecule has 1 aromatic heterocycles. The molecule has 1 amide bonds. The lowest BCUT2D eigenvalue weighted by Crippen LogP contribution is -2.24. The van der Waals surface area contributed by atoms with Crippen LogP contribution in [0.25, 0.3) is 5.69 Å². The Balaban J connectivity index is 1.61. The van der Waals surface area contributed by atoms with Gasteiger partial charge in [0, 0.05) is 35.1 Å². The predicted octanol–water partition coefficient (Wildman–Crippen LogP) is 3.48. The van der Waals surface area contributed by atoms with Gasteiger partial charge in [0.1, 0.15) is 0 Å². The largest absolute Gasteiger partial charge is 0.477 e. The molecule has 3 aromatic rings. The van der Waals surface area contributed by atoms with Crippen LogP contribution in [0.4, 0.5) is 11.4 Å². The van der Waals surface area contributed by atoms with Crippen LogP contribution in [0.3, 0.4) is 0 Å². The van der Waals surface area contributed by atoms with Crippen molar-refractivity contribution in [2.45, 2.75) is 0 Å². The number of carbonyl (C=O) groups excluding carboxylic acids is 1. The number of halogens is 1. The Morgan fingerprint density at radius 3 is 2.55 bits per heavy atom. The van der Waals surface area contributed by atoms with Gasteiger partial charge < -0.3 is 9.30 Å². The van der Waals surface area contributed by atoms with Crippen molar-refractivity contribution in [1.29, 1.82) is 0 Å². The molecule has 1 heterocycles. The molecule has 158 valence electrons. The topological polar surface area (TPSA) is 142 Å². The highest BCUT2D eigenvalue weighted by atomic mass is 35.5. The first kappa shape index (κ1) is 21.5. The summed E-state index contributed by atoms with van der Waals surface area (Å²) in [6.07, 6.45) is 3.11. The molecule has 3 rings (SSSR count). The van der Waals surface area contributed by atoms with Gasteiger partial charge in [0.2, 0.25) is 0 Å². The Labute approximate surface area is 179 Å². The van der Waals surface area contributed by atoms with Crippen LogP contribution in [0, 0.1) is 20.2 Å². The Bertz CT molecular complexity index is 1160. The Kier molecular flexibility index (Phi) is 6.58. The van der Waals surface area contributed by atoms with E-state index in [1.807, 2.05) is 0 Å². The number of hydrogen-bond donors (Lipinski definition) is 1. The lowest BCUT2D eigenvalue weighted by molar-refractivity contribution is -0.385. The number of nitro benzene ring substituents is 2. The van der Waals surface area contributed by atoms with Crippen molar-refractivity contribution < 1.29 is 19.4 Å². The van der Waals surface area contributed by atoms with Crippen LogP contribution in [0.15, 0.2) is 65.9 Å². The second kappa shape index (κ2) is 9.50. The smallest absolute Gasteiger partial charge is 0.312 e. The average molecular weight is 444 g/mol. The maximum atomic E-state index is 11.9. The highest BCUT2D eigenvalue weighted by Gasteiger charge is 2.16. The SMILES string of the molecule is O=C(COc1ccc(Cl)cc1[N+](=O)[O-])N/N=C\c1cccn1-c1ccc([N+](=O)[O-])cc1. The number of nitro groups is 2. The third-order valence-corrected chi connectivity index (χ3v) is 4.22. The van der Waals surface area contributed by atoms with Crippen molar-refractivity contribution in [2.24, 2.45) is 5.10 Å². The second-order valence-electron chi connectivity index (χ2n) is 6.03. The van der Waals surface area contributed by atoms with Gasteiger partial charge in [-0.1, -0.05) is 11.6 Å². The van der Waals surface area contributed by atoms with Gasteiger partial charge in [0.25, 0.3) is 11.6 Å². The highest BCUT2D eigenvalue weighted by molar-refractivity contribution is 6.30. The summed E-state index contributed by atoms with van der Waals surface area (Å²) in [5.74, 6) is -0.727. The lowest BCUT2D eigenvalue weighted by atomic mass is 10.3. The second-order valence-corrected chi connectivity index (χ2v) is 6.46. The third kappa shape index (κ3) is 5.42. The van der Waals surface area contributed by atoms with E-state index in [4.69, 9.17) is 16.3 Å². The Morgan fingerprint density at radius 2 is 1.87 bits per heavy atom. The molecule has 0 bridgehead atoms. The monoisotopic (exact) mass is 443 g/mol. The summed E-state index contributed by atoms with van der Waals surface area (Å²) < 4.78 is 6.90. The van der Waals surface area contributed by atoms with Gasteiger partial charge in [-0.3, -0.25) is 25.0 Å². The molecule has 31 heavy (non-hydrogen) atoms. The van der Waals surface area contributed by atoms with E-state index in [-0.39, 0.29) is 22.1 Å². The number of hydrazone groups is 1. The molecule has 0 spiro atoms. The zero-order chi connectivity index (χ0) is 22.4. The number of amides is 1. The predicted molar refractivity (Wildman–Crippen MR) is 112 cm³/mol. The summed E-state index contributed by atoms with van der Waals surface area (Å²) >= 11 is 5.73. The van der Waals surface area contributed by atoms with E-state index in [1.165, 1.54) is 30.5 Å². The number of nitrogens with zero attached hydrogens (tertiary/aromatic N) is 4. The van der Waals surface area contributed by atoms with E-state index in [9.17, 15) is 25.0 Å². The fourth-order valence-corrected chi connectivity index (χ4v) is 2.74. The first-order valence-corrected chi connectivity index (χ1v) is 9.04. The number of rotatable bonds is 8. The van der Waals surface area contributed by atoms with Gasteiger partial charge in [-0.2, -0.15) is 5.10 Å². The minimum absolute atomic E-state index is 0.0284. The number of aromatic nitrogens is 1. The Morgan fingerprint density at radius 1 is 1.13 bits per heavy atom. The minimum atomic E-state index is -0.663. The zero-order valence-corrected chi connectivity index (χ0v) is 16.4. The van der Waals surface area contributed by atoms with E-state index < -0.39 is 22.4 Å². The molecule has 0 fully saturated rings. The molecule has 0 aliphatic rings. The highest BCUT2D eigenvalue weighted by Crippen LogP contribution is 2.29. The van der Waals surface area contributed by atoms with E-state index in [0.29, 0.717) is 11.4 Å². The molecule has 0 atom stereocenters. The lowest BCUT2D eigenvalue weighted by Gasteiger charge is -2.07. The van der Waals surface area contributed by atoms with Crippen LogP contribution >= 0.6 is 11.6 Å². The van der Waals surface area contributed by atoms with Crippen molar-refractivity contribution in [3.05, 3.63) is 91.7 Å². The molecular weight excluding hydrogens is 430 g/mol. The first-order valence-electron chi connectivity index (χ1n) is 8.66. The molecule has 0 saturated carbocycles.